The number of oxazole rings is 1. The van der Waals surface area contributed by atoms with Gasteiger partial charge in [0.05, 0.1) is 6.21 Å². The summed E-state index contributed by atoms with van der Waals surface area (Å²) >= 11 is 0. The number of para-hydroxylation sites is 2. The number of fused-ring (bicyclic) bond motifs is 1. The van der Waals surface area contributed by atoms with Crippen LogP contribution in [0.2, 0.25) is 0 Å². The molecule has 2 aromatic carbocycles. The minimum Gasteiger partial charge on any atom is -0.484 e. The summed E-state index contributed by atoms with van der Waals surface area (Å²) in [6.45, 7) is 0.305. The molecule has 0 N–H and O–H groups in total. The van der Waals surface area contributed by atoms with Gasteiger partial charge < -0.3 is 14.2 Å². The largest absolute Gasteiger partial charge is 0.484 e. The molecule has 0 spiro atoms. The van der Waals surface area contributed by atoms with Gasteiger partial charge in [-0.15, -0.1) is 0 Å². The van der Waals surface area contributed by atoms with Crippen molar-refractivity contribution >= 4 is 17.3 Å². The molecule has 0 radical (unpaired) electrons. The predicted molar refractivity (Wildman–Crippen MR) is 86.1 cm³/mol. The smallest absolute Gasteiger partial charge is 0.233 e. The van der Waals surface area contributed by atoms with Crippen LogP contribution >= 0.6 is 0 Å². The molecule has 3 aromatic rings. The minimum absolute atomic E-state index is 0.305. The van der Waals surface area contributed by atoms with Crippen molar-refractivity contribution in [1.29, 1.82) is 0 Å². The van der Waals surface area contributed by atoms with E-state index in [0.717, 1.165) is 22.4 Å². The van der Waals surface area contributed by atoms with Gasteiger partial charge in [-0.25, -0.2) is 4.98 Å². The zero-order chi connectivity index (χ0) is 15.4. The van der Waals surface area contributed by atoms with Crippen molar-refractivity contribution in [2.24, 2.45) is 5.10 Å². The van der Waals surface area contributed by atoms with Crippen LogP contribution in [0.15, 0.2) is 58.0 Å². The Morgan fingerprint density at radius 2 is 1.91 bits per heavy atom. The highest BCUT2D eigenvalue weighted by molar-refractivity contribution is 5.79. The van der Waals surface area contributed by atoms with Crippen molar-refractivity contribution in [3.63, 3.8) is 0 Å². The third kappa shape index (κ3) is 3.44. The number of nitrogens with zero attached hydrogens (tertiary/aromatic N) is 3. The number of aromatic nitrogens is 1. The van der Waals surface area contributed by atoms with Gasteiger partial charge in [-0.3, -0.25) is 0 Å². The van der Waals surface area contributed by atoms with Crippen LogP contribution in [-0.4, -0.2) is 30.3 Å². The first kappa shape index (κ1) is 14.1. The first-order valence-corrected chi connectivity index (χ1v) is 6.99. The Hall–Kier alpha value is -2.82. The van der Waals surface area contributed by atoms with Gasteiger partial charge in [-0.2, -0.15) is 5.10 Å². The lowest BCUT2D eigenvalue weighted by Crippen LogP contribution is -2.01. The summed E-state index contributed by atoms with van der Waals surface area (Å²) < 4.78 is 11.3. The fraction of sp³-hybridized carbons (Fsp3) is 0.176. The molecular weight excluding hydrogens is 278 g/mol. The molecule has 0 unspecified atom stereocenters. The molecule has 22 heavy (non-hydrogen) atoms. The molecule has 1 heterocycles. The van der Waals surface area contributed by atoms with E-state index in [4.69, 9.17) is 9.15 Å². The van der Waals surface area contributed by atoms with Crippen LogP contribution in [0.4, 0.5) is 0 Å². The van der Waals surface area contributed by atoms with Crippen molar-refractivity contribution in [2.45, 2.75) is 6.61 Å². The summed E-state index contributed by atoms with van der Waals surface area (Å²) in [5.41, 5.74) is 2.63. The Kier molecular flexibility index (Phi) is 4.05. The Bertz CT molecular complexity index is 743. The highest BCUT2D eigenvalue weighted by Crippen LogP contribution is 2.17. The second-order valence-corrected chi connectivity index (χ2v) is 5.02. The summed E-state index contributed by atoms with van der Waals surface area (Å²) in [5.74, 6) is 1.34. The molecular formula is C17H17N3O2. The van der Waals surface area contributed by atoms with E-state index in [9.17, 15) is 0 Å². The SMILES string of the molecule is CN(C)N=Cc1ccc(OCc2nc3ccccc3o2)cc1. The van der Waals surface area contributed by atoms with Gasteiger partial charge in [0.2, 0.25) is 5.89 Å². The molecule has 112 valence electrons. The van der Waals surface area contributed by atoms with E-state index >= 15 is 0 Å². The van der Waals surface area contributed by atoms with Crippen LogP contribution < -0.4 is 4.74 Å². The lowest BCUT2D eigenvalue weighted by Gasteiger charge is -2.04. The highest BCUT2D eigenvalue weighted by atomic mass is 16.5. The molecule has 0 aliphatic carbocycles. The predicted octanol–water partition coefficient (Wildman–Crippen LogP) is 3.30. The fourth-order valence-electron chi connectivity index (χ4n) is 1.96. The fourth-order valence-corrected chi connectivity index (χ4v) is 1.96. The van der Waals surface area contributed by atoms with E-state index in [1.807, 2.05) is 62.6 Å². The molecule has 0 aliphatic rings. The topological polar surface area (TPSA) is 50.9 Å². The normalized spacial score (nSPS) is 11.2. The number of hydrogen-bond donors (Lipinski definition) is 0. The van der Waals surface area contributed by atoms with Gasteiger partial charge in [0.1, 0.15) is 11.3 Å². The summed E-state index contributed by atoms with van der Waals surface area (Å²) in [4.78, 5) is 4.38. The zero-order valence-electron chi connectivity index (χ0n) is 12.6. The first-order chi connectivity index (χ1) is 10.7. The minimum atomic E-state index is 0.305. The van der Waals surface area contributed by atoms with Crippen LogP contribution in [0, 0.1) is 0 Å². The van der Waals surface area contributed by atoms with Gasteiger partial charge in [0.25, 0.3) is 0 Å². The standard InChI is InChI=1S/C17H17N3O2/c1-20(2)18-11-13-7-9-14(10-8-13)21-12-17-19-15-5-3-4-6-16(15)22-17/h3-11H,12H2,1-2H3. The summed E-state index contributed by atoms with van der Waals surface area (Å²) in [5, 5.41) is 5.93. The molecule has 5 heteroatoms. The van der Waals surface area contributed by atoms with Crippen molar-refractivity contribution in [2.75, 3.05) is 14.1 Å². The van der Waals surface area contributed by atoms with Gasteiger partial charge in [-0.1, -0.05) is 12.1 Å². The lowest BCUT2D eigenvalue weighted by atomic mass is 10.2. The monoisotopic (exact) mass is 295 g/mol. The van der Waals surface area contributed by atoms with Crippen molar-refractivity contribution < 1.29 is 9.15 Å². The number of ether oxygens (including phenoxy) is 1. The molecule has 0 fully saturated rings. The second-order valence-electron chi connectivity index (χ2n) is 5.02. The molecule has 0 saturated carbocycles. The molecule has 3 rings (SSSR count). The van der Waals surface area contributed by atoms with Crippen molar-refractivity contribution in [3.05, 3.63) is 60.0 Å². The molecule has 5 nitrogen and oxygen atoms in total. The Morgan fingerprint density at radius 3 is 2.64 bits per heavy atom. The molecule has 0 bridgehead atoms. The first-order valence-electron chi connectivity index (χ1n) is 6.99. The second kappa shape index (κ2) is 6.30. The van der Waals surface area contributed by atoms with Crippen LogP contribution in [-0.2, 0) is 6.61 Å². The quantitative estimate of drug-likeness (QED) is 0.535. The van der Waals surface area contributed by atoms with E-state index in [0.29, 0.717) is 12.5 Å². The number of rotatable bonds is 5. The van der Waals surface area contributed by atoms with Crippen LogP contribution in [0.5, 0.6) is 5.75 Å². The van der Waals surface area contributed by atoms with E-state index in [1.54, 1.807) is 11.2 Å². The molecule has 0 aliphatic heterocycles. The average Bonchev–Trinajstić information content (AvgIpc) is 2.95. The Labute approximate surface area is 128 Å². The maximum absolute atomic E-state index is 5.69. The van der Waals surface area contributed by atoms with E-state index in [1.165, 1.54) is 0 Å². The van der Waals surface area contributed by atoms with Crippen LogP contribution in [0.1, 0.15) is 11.5 Å². The maximum Gasteiger partial charge on any atom is 0.233 e. The summed E-state index contributed by atoms with van der Waals surface area (Å²) in [6.07, 6.45) is 1.80. The molecule has 0 atom stereocenters. The zero-order valence-corrected chi connectivity index (χ0v) is 12.6. The molecule has 0 saturated heterocycles. The van der Waals surface area contributed by atoms with Gasteiger partial charge >= 0.3 is 0 Å². The molecule has 0 amide bonds. The van der Waals surface area contributed by atoms with Gasteiger partial charge in [0, 0.05) is 14.1 Å². The third-order valence-electron chi connectivity index (χ3n) is 3.02. The maximum atomic E-state index is 5.69. The number of hydrazone groups is 1. The highest BCUT2D eigenvalue weighted by Gasteiger charge is 2.05. The Balaban J connectivity index is 1.63. The van der Waals surface area contributed by atoms with Crippen LogP contribution in [0.25, 0.3) is 11.1 Å². The average molecular weight is 295 g/mol. The van der Waals surface area contributed by atoms with E-state index in [2.05, 4.69) is 10.1 Å². The van der Waals surface area contributed by atoms with Crippen molar-refractivity contribution in [3.8, 4) is 5.75 Å². The number of hydrogen-bond acceptors (Lipinski definition) is 5. The van der Waals surface area contributed by atoms with E-state index in [-0.39, 0.29) is 0 Å². The lowest BCUT2D eigenvalue weighted by molar-refractivity contribution is 0.267. The van der Waals surface area contributed by atoms with Crippen molar-refractivity contribution in [1.82, 2.24) is 9.99 Å². The summed E-state index contributed by atoms with van der Waals surface area (Å²) in [7, 11) is 3.77. The van der Waals surface area contributed by atoms with Crippen LogP contribution in [0.3, 0.4) is 0 Å². The van der Waals surface area contributed by atoms with E-state index < -0.39 is 0 Å². The summed E-state index contributed by atoms with van der Waals surface area (Å²) in [6, 6.07) is 15.4. The molecule has 1 aromatic heterocycles. The third-order valence-corrected chi connectivity index (χ3v) is 3.02. The Morgan fingerprint density at radius 1 is 1.14 bits per heavy atom. The number of benzene rings is 2. The van der Waals surface area contributed by atoms with Gasteiger partial charge in [-0.05, 0) is 42.0 Å². The van der Waals surface area contributed by atoms with Gasteiger partial charge in [0.15, 0.2) is 12.2 Å².